The maximum absolute atomic E-state index is 12.9. The van der Waals surface area contributed by atoms with E-state index >= 15 is 0 Å². The SMILES string of the molecule is CC(C)C(C=O)CC(=O)[C@H](CC(=O)O)NC(=O)[C@@H]1CCCN1C(=O)[C@@H](N)CCCN=C(N)N. The summed E-state index contributed by atoms with van der Waals surface area (Å²) >= 11 is 0. The molecule has 0 radical (unpaired) electrons. The van der Waals surface area contributed by atoms with Crippen LogP contribution in [0, 0.1) is 11.8 Å². The highest BCUT2D eigenvalue weighted by molar-refractivity contribution is 5.96. The Morgan fingerprint density at radius 1 is 1.21 bits per heavy atom. The van der Waals surface area contributed by atoms with Gasteiger partial charge in [-0.05, 0) is 31.6 Å². The van der Waals surface area contributed by atoms with Crippen molar-refractivity contribution in [2.45, 2.75) is 70.5 Å². The number of nitrogens with zero attached hydrogens (tertiary/aromatic N) is 2. The van der Waals surface area contributed by atoms with Crippen LogP contribution in [-0.2, 0) is 24.0 Å². The van der Waals surface area contributed by atoms with Crippen LogP contribution >= 0.6 is 0 Å². The fraction of sp³-hybridized carbons (Fsp3) is 0.714. The van der Waals surface area contributed by atoms with Crippen molar-refractivity contribution in [3.05, 3.63) is 0 Å². The second kappa shape index (κ2) is 13.5. The topological polar surface area (TPSA) is 211 Å². The molecule has 186 valence electrons. The van der Waals surface area contributed by atoms with E-state index in [-0.39, 0.29) is 18.3 Å². The average molecular weight is 469 g/mol. The molecule has 12 heteroatoms. The molecular weight excluding hydrogens is 432 g/mol. The number of aldehydes is 1. The zero-order chi connectivity index (χ0) is 25.1. The maximum Gasteiger partial charge on any atom is 0.305 e. The van der Waals surface area contributed by atoms with Gasteiger partial charge in [-0.25, -0.2) is 0 Å². The minimum atomic E-state index is -1.29. The molecule has 0 spiro atoms. The molecule has 0 aromatic heterocycles. The highest BCUT2D eigenvalue weighted by Gasteiger charge is 2.38. The second-order valence-electron chi connectivity index (χ2n) is 8.62. The van der Waals surface area contributed by atoms with Crippen LogP contribution in [0.2, 0.25) is 0 Å². The van der Waals surface area contributed by atoms with Crippen molar-refractivity contribution < 1.29 is 29.1 Å². The molecule has 1 aliphatic rings. The van der Waals surface area contributed by atoms with E-state index in [1.54, 1.807) is 13.8 Å². The van der Waals surface area contributed by atoms with Crippen molar-refractivity contribution >= 4 is 35.8 Å². The van der Waals surface area contributed by atoms with Crippen molar-refractivity contribution in [1.29, 1.82) is 0 Å². The van der Waals surface area contributed by atoms with Crippen molar-refractivity contribution in [2.75, 3.05) is 13.1 Å². The van der Waals surface area contributed by atoms with Crippen LogP contribution in [0.15, 0.2) is 4.99 Å². The summed E-state index contributed by atoms with van der Waals surface area (Å²) in [6.45, 7) is 4.21. The van der Waals surface area contributed by atoms with E-state index in [9.17, 15) is 29.1 Å². The highest BCUT2D eigenvalue weighted by atomic mass is 16.4. The molecule has 1 saturated heterocycles. The summed E-state index contributed by atoms with van der Waals surface area (Å²) in [6.07, 6.45) is 1.62. The third-order valence-corrected chi connectivity index (χ3v) is 5.68. The molecule has 1 rings (SSSR count). The van der Waals surface area contributed by atoms with Gasteiger partial charge in [-0.3, -0.25) is 24.2 Å². The van der Waals surface area contributed by atoms with Crippen molar-refractivity contribution in [3.8, 4) is 0 Å². The molecular formula is C21H36N6O6. The first-order valence-corrected chi connectivity index (χ1v) is 11.1. The maximum atomic E-state index is 12.9. The van der Waals surface area contributed by atoms with Gasteiger partial charge < -0.3 is 37.3 Å². The molecule has 8 N–H and O–H groups in total. The van der Waals surface area contributed by atoms with Gasteiger partial charge in [0.2, 0.25) is 11.8 Å². The molecule has 2 amide bonds. The van der Waals surface area contributed by atoms with Gasteiger partial charge in [-0.1, -0.05) is 13.8 Å². The first-order chi connectivity index (χ1) is 15.5. The number of aliphatic carboxylic acids is 1. The van der Waals surface area contributed by atoms with Crippen LogP contribution in [0.25, 0.3) is 0 Å². The summed E-state index contributed by atoms with van der Waals surface area (Å²) < 4.78 is 0. The Morgan fingerprint density at radius 2 is 1.88 bits per heavy atom. The lowest BCUT2D eigenvalue weighted by Crippen LogP contribution is -2.54. The van der Waals surface area contributed by atoms with E-state index in [4.69, 9.17) is 17.2 Å². The number of hydrogen-bond donors (Lipinski definition) is 5. The molecule has 4 atom stereocenters. The number of hydrogen-bond acceptors (Lipinski definition) is 7. The first-order valence-electron chi connectivity index (χ1n) is 11.1. The van der Waals surface area contributed by atoms with E-state index in [0.29, 0.717) is 45.1 Å². The van der Waals surface area contributed by atoms with Crippen molar-refractivity contribution in [2.24, 2.45) is 34.0 Å². The predicted octanol–water partition coefficient (Wildman–Crippen LogP) is -1.25. The first kappa shape index (κ1) is 28.0. The lowest BCUT2D eigenvalue weighted by Gasteiger charge is -2.28. The third-order valence-electron chi connectivity index (χ3n) is 5.68. The minimum Gasteiger partial charge on any atom is -0.481 e. The van der Waals surface area contributed by atoms with E-state index in [0.717, 1.165) is 0 Å². The number of carboxylic acids is 1. The minimum absolute atomic E-state index is 0.0514. The average Bonchev–Trinajstić information content (AvgIpc) is 3.22. The Morgan fingerprint density at radius 3 is 2.42 bits per heavy atom. The van der Waals surface area contributed by atoms with Crippen LogP contribution in [0.3, 0.4) is 0 Å². The Balaban J connectivity index is 2.81. The normalized spacial score (nSPS) is 18.3. The number of carboxylic acid groups (broad SMARTS) is 1. The number of Topliss-reactive ketones (excluding diaryl/α,β-unsaturated/α-hetero) is 1. The Kier molecular flexibility index (Phi) is 11.5. The summed E-state index contributed by atoms with van der Waals surface area (Å²) in [6, 6.07) is -2.98. The Hall–Kier alpha value is -3.02. The van der Waals surface area contributed by atoms with Crippen LogP contribution in [0.1, 0.15) is 52.4 Å². The van der Waals surface area contributed by atoms with E-state index in [2.05, 4.69) is 10.3 Å². The molecule has 0 aliphatic carbocycles. The summed E-state index contributed by atoms with van der Waals surface area (Å²) in [5.41, 5.74) is 16.5. The predicted molar refractivity (Wildman–Crippen MR) is 121 cm³/mol. The number of amides is 2. The van der Waals surface area contributed by atoms with E-state index < -0.39 is 54.0 Å². The van der Waals surface area contributed by atoms with E-state index in [1.807, 2.05) is 0 Å². The fourth-order valence-electron chi connectivity index (χ4n) is 3.66. The number of aliphatic imine (C=N–C) groups is 1. The molecule has 1 aliphatic heterocycles. The molecule has 0 aromatic carbocycles. The van der Waals surface area contributed by atoms with E-state index in [1.165, 1.54) is 4.90 Å². The number of guanidine groups is 1. The smallest absolute Gasteiger partial charge is 0.305 e. The summed E-state index contributed by atoms with van der Waals surface area (Å²) in [7, 11) is 0. The molecule has 1 unspecified atom stereocenters. The van der Waals surface area contributed by atoms with Crippen LogP contribution < -0.4 is 22.5 Å². The monoisotopic (exact) mass is 468 g/mol. The lowest BCUT2D eigenvalue weighted by molar-refractivity contribution is -0.143. The van der Waals surface area contributed by atoms with Crippen molar-refractivity contribution in [3.63, 3.8) is 0 Å². The quantitative estimate of drug-likeness (QED) is 0.0890. The number of likely N-dealkylation sites (tertiary alicyclic amines) is 1. The van der Waals surface area contributed by atoms with Gasteiger partial charge in [0.15, 0.2) is 11.7 Å². The van der Waals surface area contributed by atoms with Crippen LogP contribution in [0.4, 0.5) is 0 Å². The van der Waals surface area contributed by atoms with Gasteiger partial charge in [-0.15, -0.1) is 0 Å². The Bertz CT molecular complexity index is 752. The molecule has 12 nitrogen and oxygen atoms in total. The largest absolute Gasteiger partial charge is 0.481 e. The van der Waals surface area contributed by atoms with Gasteiger partial charge in [0, 0.05) is 25.4 Å². The molecule has 0 bridgehead atoms. The standard InChI is InChI=1S/C21H36N6O6/c1-12(2)13(11-28)9-17(29)15(10-18(30)31)26-19(32)16-6-4-8-27(16)20(33)14(22)5-3-7-25-21(23)24/h11-16H,3-10,22H2,1-2H3,(H,26,32)(H,30,31)(H4,23,24,25)/t13?,14-,15-,16-/m0/s1. The fourth-order valence-corrected chi connectivity index (χ4v) is 3.66. The number of nitrogens with one attached hydrogen (secondary N) is 1. The summed E-state index contributed by atoms with van der Waals surface area (Å²) in [5.74, 6) is -3.55. The lowest BCUT2D eigenvalue weighted by atomic mass is 9.89. The van der Waals surface area contributed by atoms with Crippen molar-refractivity contribution in [1.82, 2.24) is 10.2 Å². The molecule has 33 heavy (non-hydrogen) atoms. The van der Waals surface area contributed by atoms with Crippen LogP contribution in [-0.4, -0.2) is 77.0 Å². The van der Waals surface area contributed by atoms with Gasteiger partial charge in [0.25, 0.3) is 0 Å². The highest BCUT2D eigenvalue weighted by Crippen LogP contribution is 2.20. The zero-order valence-electron chi connectivity index (χ0n) is 19.2. The summed E-state index contributed by atoms with van der Waals surface area (Å²) in [5, 5.41) is 11.7. The molecule has 0 saturated carbocycles. The number of ketones is 1. The Labute approximate surface area is 193 Å². The van der Waals surface area contributed by atoms with Gasteiger partial charge in [0.05, 0.1) is 18.5 Å². The number of nitrogens with two attached hydrogens (primary N) is 3. The van der Waals surface area contributed by atoms with Gasteiger partial charge in [0.1, 0.15) is 12.3 Å². The molecule has 1 fully saturated rings. The van der Waals surface area contributed by atoms with Gasteiger partial charge >= 0.3 is 5.97 Å². The molecule has 0 aromatic rings. The zero-order valence-corrected chi connectivity index (χ0v) is 19.2. The second-order valence-corrected chi connectivity index (χ2v) is 8.62. The van der Waals surface area contributed by atoms with Crippen LogP contribution in [0.5, 0.6) is 0 Å². The number of carbonyl (C=O) groups is 5. The number of rotatable bonds is 14. The van der Waals surface area contributed by atoms with Gasteiger partial charge in [-0.2, -0.15) is 0 Å². The number of carbonyl (C=O) groups excluding carboxylic acids is 4. The third kappa shape index (κ3) is 9.16. The molecule has 1 heterocycles. The summed E-state index contributed by atoms with van der Waals surface area (Å²) in [4.78, 5) is 66.0.